The normalized spacial score (nSPS) is 13.5. The minimum atomic E-state index is -1.10. The summed E-state index contributed by atoms with van der Waals surface area (Å²) in [5.41, 5.74) is 0. The van der Waals surface area contributed by atoms with Gasteiger partial charge in [-0.15, -0.1) is 0 Å². The molecule has 0 heterocycles. The van der Waals surface area contributed by atoms with Gasteiger partial charge in [-0.25, -0.2) is 0 Å². The summed E-state index contributed by atoms with van der Waals surface area (Å²) in [7, 11) is 0. The molecule has 0 aromatic rings. The largest absolute Gasteiger partial charge is 0.394 e. The average Bonchev–Trinajstić information content (AvgIpc) is 3.24. The van der Waals surface area contributed by atoms with E-state index in [-0.39, 0.29) is 6.61 Å². The topological polar surface area (TPSA) is 89.8 Å². The Morgan fingerprint density at radius 2 is 0.695 bits per heavy atom. The van der Waals surface area contributed by atoms with Crippen LogP contribution < -0.4 is 5.32 Å². The minimum absolute atomic E-state index is 0.373. The van der Waals surface area contributed by atoms with Gasteiger partial charge in [0.05, 0.1) is 18.8 Å². The predicted molar refractivity (Wildman–Crippen MR) is 259 cm³/mol. The van der Waals surface area contributed by atoms with Gasteiger partial charge in [-0.3, -0.25) is 4.79 Å². The molecule has 0 fully saturated rings. The molecular formula is C54H105NO4. The van der Waals surface area contributed by atoms with Crippen LogP contribution in [0.2, 0.25) is 0 Å². The van der Waals surface area contributed by atoms with E-state index in [2.05, 4.69) is 31.3 Å². The SMILES string of the molecule is CCCCCCCCCCCC/C=C/CC/C=C/C(O)C(CO)NC(=O)C(O)CCCCCCCCCCCCCCCCCCCCCCCCCCCCCCC. The van der Waals surface area contributed by atoms with E-state index < -0.39 is 24.2 Å². The molecule has 5 nitrogen and oxygen atoms in total. The molecular weight excluding hydrogens is 727 g/mol. The Labute approximate surface area is 369 Å². The molecule has 0 bridgehead atoms. The summed E-state index contributed by atoms with van der Waals surface area (Å²) in [6, 6.07) is -0.811. The van der Waals surface area contributed by atoms with Gasteiger partial charge in [0.2, 0.25) is 5.91 Å². The maximum Gasteiger partial charge on any atom is 0.249 e. The first kappa shape index (κ1) is 57.8. The molecule has 0 saturated heterocycles. The van der Waals surface area contributed by atoms with E-state index in [1.807, 2.05) is 6.08 Å². The Kier molecular flexibility index (Phi) is 48.5. The van der Waals surface area contributed by atoms with Crippen molar-refractivity contribution in [3.8, 4) is 0 Å². The summed E-state index contributed by atoms with van der Waals surface area (Å²) in [4.78, 5) is 12.5. The monoisotopic (exact) mass is 832 g/mol. The molecule has 4 N–H and O–H groups in total. The van der Waals surface area contributed by atoms with Gasteiger partial charge in [0.1, 0.15) is 6.10 Å². The van der Waals surface area contributed by atoms with Crippen molar-refractivity contribution < 1.29 is 20.1 Å². The lowest BCUT2D eigenvalue weighted by molar-refractivity contribution is -0.131. The molecule has 0 aliphatic rings. The van der Waals surface area contributed by atoms with Crippen LogP contribution in [0, 0.1) is 0 Å². The molecule has 0 radical (unpaired) electrons. The number of hydrogen-bond donors (Lipinski definition) is 4. The van der Waals surface area contributed by atoms with E-state index in [4.69, 9.17) is 0 Å². The van der Waals surface area contributed by atoms with Crippen LogP contribution in [-0.4, -0.2) is 46.1 Å². The quantitative estimate of drug-likeness (QED) is 0.0363. The molecule has 0 spiro atoms. The van der Waals surface area contributed by atoms with E-state index in [0.717, 1.165) is 38.5 Å². The molecule has 3 unspecified atom stereocenters. The van der Waals surface area contributed by atoms with E-state index in [9.17, 15) is 20.1 Å². The standard InChI is InChI=1S/C54H105NO4/c1-3-5-7-9-11-13-15-17-19-21-22-23-24-25-26-27-28-29-30-31-32-33-35-37-39-41-43-45-47-49-53(58)54(59)55-51(50-56)52(57)48-46-44-42-40-38-36-34-20-18-16-14-12-10-8-6-4-2/h38,40,46,48,51-53,56-58H,3-37,39,41-45,47,49-50H2,1-2H3,(H,55,59)/b40-38+,48-46+. The Hall–Kier alpha value is -1.17. The third-order valence-electron chi connectivity index (χ3n) is 12.5. The number of amides is 1. The number of rotatable bonds is 49. The molecule has 0 aliphatic carbocycles. The van der Waals surface area contributed by atoms with Crippen LogP contribution >= 0.6 is 0 Å². The van der Waals surface area contributed by atoms with Gasteiger partial charge < -0.3 is 20.6 Å². The Balaban J connectivity index is 3.54. The second kappa shape index (κ2) is 49.5. The molecule has 0 aromatic carbocycles. The molecule has 0 saturated carbocycles. The first-order valence-electron chi connectivity index (χ1n) is 26.7. The Morgan fingerprint density at radius 1 is 0.407 bits per heavy atom. The van der Waals surface area contributed by atoms with Gasteiger partial charge in [-0.05, 0) is 32.1 Å². The number of unbranched alkanes of at least 4 members (excludes halogenated alkanes) is 39. The summed E-state index contributed by atoms with van der Waals surface area (Å²) >= 11 is 0. The average molecular weight is 832 g/mol. The molecule has 0 aliphatic heterocycles. The van der Waals surface area contributed by atoms with Gasteiger partial charge in [-0.1, -0.05) is 282 Å². The Morgan fingerprint density at radius 3 is 1.03 bits per heavy atom. The minimum Gasteiger partial charge on any atom is -0.394 e. The summed E-state index contributed by atoms with van der Waals surface area (Å²) in [5.74, 6) is -0.508. The van der Waals surface area contributed by atoms with E-state index >= 15 is 0 Å². The first-order valence-corrected chi connectivity index (χ1v) is 26.7. The third kappa shape index (κ3) is 44.7. The molecule has 0 aromatic heterocycles. The highest BCUT2D eigenvalue weighted by molar-refractivity contribution is 5.80. The molecule has 59 heavy (non-hydrogen) atoms. The highest BCUT2D eigenvalue weighted by atomic mass is 16.3. The number of carbonyl (C=O) groups excluding carboxylic acids is 1. The summed E-state index contributed by atoms with van der Waals surface area (Å²) < 4.78 is 0. The molecule has 3 atom stereocenters. The van der Waals surface area contributed by atoms with Crippen LogP contribution in [0.25, 0.3) is 0 Å². The van der Waals surface area contributed by atoms with Crippen molar-refractivity contribution in [1.29, 1.82) is 0 Å². The highest BCUT2D eigenvalue weighted by Crippen LogP contribution is 2.17. The van der Waals surface area contributed by atoms with Crippen LogP contribution in [0.15, 0.2) is 24.3 Å². The van der Waals surface area contributed by atoms with Crippen LogP contribution in [0.3, 0.4) is 0 Å². The Bertz CT molecular complexity index is 874. The van der Waals surface area contributed by atoms with Crippen molar-refractivity contribution >= 4 is 5.91 Å². The molecule has 5 heteroatoms. The number of aliphatic hydroxyl groups excluding tert-OH is 3. The summed E-state index contributed by atoms with van der Waals surface area (Å²) in [6.45, 7) is 4.19. The third-order valence-corrected chi connectivity index (χ3v) is 12.5. The van der Waals surface area contributed by atoms with E-state index in [0.29, 0.717) is 6.42 Å². The van der Waals surface area contributed by atoms with Crippen molar-refractivity contribution in [2.75, 3.05) is 6.61 Å². The van der Waals surface area contributed by atoms with Crippen molar-refractivity contribution in [3.63, 3.8) is 0 Å². The second-order valence-electron chi connectivity index (χ2n) is 18.4. The number of carbonyl (C=O) groups is 1. The fourth-order valence-electron chi connectivity index (χ4n) is 8.38. The van der Waals surface area contributed by atoms with Crippen LogP contribution in [0.4, 0.5) is 0 Å². The van der Waals surface area contributed by atoms with Gasteiger partial charge in [0, 0.05) is 0 Å². The fraction of sp³-hybridized carbons (Fsp3) is 0.907. The fourth-order valence-corrected chi connectivity index (χ4v) is 8.38. The zero-order chi connectivity index (χ0) is 43.0. The maximum absolute atomic E-state index is 12.5. The second-order valence-corrected chi connectivity index (χ2v) is 18.4. The van der Waals surface area contributed by atoms with Crippen LogP contribution in [0.5, 0.6) is 0 Å². The number of allylic oxidation sites excluding steroid dienone is 3. The van der Waals surface area contributed by atoms with E-state index in [1.165, 1.54) is 231 Å². The lowest BCUT2D eigenvalue weighted by Crippen LogP contribution is -2.48. The zero-order valence-electron chi connectivity index (χ0n) is 39.9. The van der Waals surface area contributed by atoms with Crippen molar-refractivity contribution in [3.05, 3.63) is 24.3 Å². The number of hydrogen-bond acceptors (Lipinski definition) is 4. The van der Waals surface area contributed by atoms with Crippen LogP contribution in [0.1, 0.15) is 290 Å². The first-order chi connectivity index (χ1) is 29.1. The molecule has 1 amide bonds. The molecule has 350 valence electrons. The number of nitrogens with one attached hydrogen (secondary N) is 1. The van der Waals surface area contributed by atoms with Crippen molar-refractivity contribution in [2.45, 2.75) is 308 Å². The zero-order valence-corrected chi connectivity index (χ0v) is 39.9. The van der Waals surface area contributed by atoms with Crippen molar-refractivity contribution in [2.24, 2.45) is 0 Å². The van der Waals surface area contributed by atoms with Crippen molar-refractivity contribution in [1.82, 2.24) is 5.32 Å². The lowest BCUT2D eigenvalue weighted by atomic mass is 10.0. The predicted octanol–water partition coefficient (Wildman–Crippen LogP) is 16.1. The van der Waals surface area contributed by atoms with Crippen LogP contribution in [-0.2, 0) is 4.79 Å². The van der Waals surface area contributed by atoms with Gasteiger partial charge in [0.15, 0.2) is 0 Å². The van der Waals surface area contributed by atoms with E-state index in [1.54, 1.807) is 6.08 Å². The van der Waals surface area contributed by atoms with Gasteiger partial charge in [-0.2, -0.15) is 0 Å². The van der Waals surface area contributed by atoms with Gasteiger partial charge in [0.25, 0.3) is 0 Å². The van der Waals surface area contributed by atoms with Gasteiger partial charge >= 0.3 is 0 Å². The summed E-state index contributed by atoms with van der Waals surface area (Å²) in [5, 5.41) is 33.2. The number of aliphatic hydroxyl groups is 3. The maximum atomic E-state index is 12.5. The highest BCUT2D eigenvalue weighted by Gasteiger charge is 2.22. The summed E-state index contributed by atoms with van der Waals surface area (Å²) in [6.07, 6.45) is 62.5. The molecule has 0 rings (SSSR count). The lowest BCUT2D eigenvalue weighted by Gasteiger charge is -2.21. The smallest absolute Gasteiger partial charge is 0.249 e.